The van der Waals surface area contributed by atoms with Crippen LogP contribution in [-0.2, 0) is 9.53 Å². The highest BCUT2D eigenvalue weighted by Gasteiger charge is 2.34. The van der Waals surface area contributed by atoms with Crippen molar-refractivity contribution < 1.29 is 18.7 Å². The summed E-state index contributed by atoms with van der Waals surface area (Å²) in [6.45, 7) is 4.56. The van der Waals surface area contributed by atoms with Crippen LogP contribution in [0, 0.1) is 5.82 Å². The van der Waals surface area contributed by atoms with Crippen LogP contribution in [0.2, 0.25) is 10.0 Å². The Morgan fingerprint density at radius 3 is 2.69 bits per heavy atom. The normalized spacial score (nSPS) is 20.7. The fourth-order valence-corrected chi connectivity index (χ4v) is 8.64. The molecule has 2 fully saturated rings. The molecule has 51 heavy (non-hydrogen) atoms. The highest BCUT2D eigenvalue weighted by atomic mass is 35.5. The number of rotatable bonds is 10. The molecule has 2 saturated heterocycles. The van der Waals surface area contributed by atoms with Gasteiger partial charge < -0.3 is 19.7 Å². The van der Waals surface area contributed by atoms with Gasteiger partial charge in [-0.2, -0.15) is 5.10 Å². The Bertz CT molecular complexity index is 2120. The number of piperidine rings is 1. The molecule has 0 unspecified atom stereocenters. The minimum atomic E-state index is -0.550. The minimum Gasteiger partial charge on any atom is -0.472 e. The van der Waals surface area contributed by atoms with Crippen molar-refractivity contribution in [2.24, 2.45) is 0 Å². The monoisotopic (exact) mass is 732 g/mol. The topological polar surface area (TPSA) is 84.8 Å². The van der Waals surface area contributed by atoms with Crippen molar-refractivity contribution in [3.8, 4) is 17.0 Å². The molecule has 0 spiro atoms. The lowest BCUT2D eigenvalue weighted by molar-refractivity contribution is -0.130. The van der Waals surface area contributed by atoms with Crippen LogP contribution in [0.5, 0.6) is 5.88 Å². The number of benzene rings is 3. The Labute approximate surface area is 307 Å². The molecule has 0 radical (unpaired) electrons. The van der Waals surface area contributed by atoms with Gasteiger partial charge in [-0.1, -0.05) is 59.6 Å². The van der Waals surface area contributed by atoms with E-state index >= 15 is 4.39 Å². The lowest BCUT2D eigenvalue weighted by Gasteiger charge is -2.39. The molecule has 2 aliphatic heterocycles. The van der Waals surface area contributed by atoms with Gasteiger partial charge in [-0.15, -0.1) is 0 Å². The lowest BCUT2D eigenvalue weighted by atomic mass is 9.95. The number of ether oxygens (including phenoxy) is 2. The second-order valence-corrected chi connectivity index (χ2v) is 14.5. The SMILES string of the molecule is CNC[C@@H]1C[C@@H](n2ncc3c(O[C@@H](C)[C@@H]4CCCN4C)nc4c(F)c(-c5cccc6cccc(Cl)c56)c(Cl)cc4c32)CCN1C(=O)/C=C/COC. The van der Waals surface area contributed by atoms with Crippen molar-refractivity contribution in [2.75, 3.05) is 47.4 Å². The smallest absolute Gasteiger partial charge is 0.246 e. The van der Waals surface area contributed by atoms with Crippen LogP contribution < -0.4 is 10.1 Å². The average Bonchev–Trinajstić information content (AvgIpc) is 3.76. The molecule has 2 aromatic heterocycles. The molecule has 5 aromatic rings. The number of methoxy groups -OCH3 is 1. The van der Waals surface area contributed by atoms with Gasteiger partial charge in [0.05, 0.1) is 34.8 Å². The largest absolute Gasteiger partial charge is 0.472 e. The number of hydrogen-bond acceptors (Lipinski definition) is 7. The third-order valence-corrected chi connectivity index (χ3v) is 11.1. The van der Waals surface area contributed by atoms with Crippen molar-refractivity contribution in [3.05, 3.63) is 76.7 Å². The Hall–Kier alpha value is -3.80. The molecule has 12 heteroatoms. The number of likely N-dealkylation sites (N-methyl/N-ethyl adjacent to an activating group) is 2. The lowest BCUT2D eigenvalue weighted by Crippen LogP contribution is -2.50. The summed E-state index contributed by atoms with van der Waals surface area (Å²) in [5.41, 5.74) is 1.68. The molecule has 4 atom stereocenters. The first-order chi connectivity index (χ1) is 24.7. The van der Waals surface area contributed by atoms with Crippen LogP contribution >= 0.6 is 23.2 Å². The molecular weight excluding hydrogens is 690 g/mol. The quantitative estimate of drug-likeness (QED) is 0.148. The van der Waals surface area contributed by atoms with E-state index in [0.29, 0.717) is 65.3 Å². The number of pyridine rings is 1. The van der Waals surface area contributed by atoms with E-state index in [1.165, 1.54) is 0 Å². The molecule has 0 saturated carbocycles. The van der Waals surface area contributed by atoms with E-state index in [1.54, 1.807) is 37.6 Å². The van der Waals surface area contributed by atoms with E-state index in [4.69, 9.17) is 42.8 Å². The predicted molar refractivity (Wildman–Crippen MR) is 202 cm³/mol. The maximum atomic E-state index is 17.2. The van der Waals surface area contributed by atoms with E-state index in [-0.39, 0.29) is 46.2 Å². The number of amides is 1. The Morgan fingerprint density at radius 1 is 1.14 bits per heavy atom. The predicted octanol–water partition coefficient (Wildman–Crippen LogP) is 7.67. The molecule has 0 bridgehead atoms. The molecule has 1 amide bonds. The third-order valence-electron chi connectivity index (χ3n) is 10.5. The summed E-state index contributed by atoms with van der Waals surface area (Å²) in [6.07, 6.45) is 8.29. The zero-order valence-corrected chi connectivity index (χ0v) is 30.8. The highest BCUT2D eigenvalue weighted by molar-refractivity contribution is 6.38. The standard InChI is InChI=1S/C39H43Cl2FN6O3/c1-23(32-13-7-16-46(32)3)51-39-29-22-44-48(25-15-17-47(26(19-25)21-43-2)33(49)14-8-18-50-4)38(29)28-20-31(41)35(36(42)37(28)45-39)27-11-5-9-24-10-6-12-30(40)34(24)27/h5-6,8-12,14,20,22-23,25-26,32,43H,7,13,15-19,21H2,1-4H3/b14-8+/t23-,25-,26-,32-/m0/s1. The fraction of sp³-hybridized carbons (Fsp3) is 0.410. The third kappa shape index (κ3) is 6.68. The first kappa shape index (κ1) is 35.6. The van der Waals surface area contributed by atoms with E-state index in [2.05, 4.69) is 17.3 Å². The Kier molecular flexibility index (Phi) is 10.5. The number of hydrogen-bond donors (Lipinski definition) is 1. The van der Waals surface area contributed by atoms with Gasteiger partial charge in [0, 0.05) is 59.7 Å². The van der Waals surface area contributed by atoms with Gasteiger partial charge in [-0.3, -0.25) is 14.4 Å². The molecule has 4 heterocycles. The number of fused-ring (bicyclic) bond motifs is 4. The second kappa shape index (κ2) is 15.0. The summed E-state index contributed by atoms with van der Waals surface area (Å²) < 4.78 is 31.0. The molecule has 3 aromatic carbocycles. The van der Waals surface area contributed by atoms with Crippen LogP contribution in [0.1, 0.15) is 38.6 Å². The summed E-state index contributed by atoms with van der Waals surface area (Å²) in [5, 5.41) is 11.8. The summed E-state index contributed by atoms with van der Waals surface area (Å²) in [6, 6.07) is 13.1. The van der Waals surface area contributed by atoms with E-state index in [9.17, 15) is 4.79 Å². The molecule has 1 N–H and O–H groups in total. The van der Waals surface area contributed by atoms with Gasteiger partial charge >= 0.3 is 0 Å². The van der Waals surface area contributed by atoms with E-state index in [0.717, 1.165) is 30.2 Å². The Balaban J connectivity index is 1.38. The van der Waals surface area contributed by atoms with Crippen molar-refractivity contribution in [2.45, 2.75) is 56.8 Å². The van der Waals surface area contributed by atoms with Crippen molar-refractivity contribution in [1.82, 2.24) is 29.9 Å². The molecule has 0 aliphatic carbocycles. The van der Waals surface area contributed by atoms with E-state index in [1.807, 2.05) is 53.9 Å². The summed E-state index contributed by atoms with van der Waals surface area (Å²) >= 11 is 13.8. The first-order valence-electron chi connectivity index (χ1n) is 17.6. The fourth-order valence-electron chi connectivity index (χ4n) is 8.06. The van der Waals surface area contributed by atoms with Crippen LogP contribution in [0.4, 0.5) is 4.39 Å². The number of nitrogens with zero attached hydrogens (tertiary/aromatic N) is 5. The van der Waals surface area contributed by atoms with Gasteiger partial charge in [0.15, 0.2) is 5.82 Å². The minimum absolute atomic E-state index is 0.0535. The number of likely N-dealkylation sites (tertiary alicyclic amines) is 2. The summed E-state index contributed by atoms with van der Waals surface area (Å²) in [5.74, 6) is -0.268. The first-order valence-corrected chi connectivity index (χ1v) is 18.3. The maximum Gasteiger partial charge on any atom is 0.246 e. The number of carbonyl (C=O) groups excluding carboxylic acids is 1. The van der Waals surface area contributed by atoms with Crippen molar-refractivity contribution in [3.63, 3.8) is 0 Å². The summed E-state index contributed by atoms with van der Waals surface area (Å²) in [4.78, 5) is 22.3. The molecule has 268 valence electrons. The van der Waals surface area contributed by atoms with Gasteiger partial charge in [0.2, 0.25) is 11.8 Å². The van der Waals surface area contributed by atoms with Crippen LogP contribution in [0.15, 0.2) is 60.8 Å². The zero-order valence-electron chi connectivity index (χ0n) is 29.3. The van der Waals surface area contributed by atoms with Crippen molar-refractivity contribution in [1.29, 1.82) is 0 Å². The number of carbonyl (C=O) groups is 1. The van der Waals surface area contributed by atoms with Crippen LogP contribution in [0.25, 0.3) is 43.7 Å². The second-order valence-electron chi connectivity index (χ2n) is 13.6. The van der Waals surface area contributed by atoms with Gasteiger partial charge in [-0.05, 0) is 76.3 Å². The van der Waals surface area contributed by atoms with Gasteiger partial charge in [0.25, 0.3) is 0 Å². The van der Waals surface area contributed by atoms with Gasteiger partial charge in [0.1, 0.15) is 11.6 Å². The zero-order chi connectivity index (χ0) is 35.8. The molecule has 7 rings (SSSR count). The number of aromatic nitrogens is 3. The molecular formula is C39H43Cl2FN6O3. The summed E-state index contributed by atoms with van der Waals surface area (Å²) in [7, 11) is 5.59. The van der Waals surface area contributed by atoms with Gasteiger partial charge in [-0.25, -0.2) is 9.37 Å². The molecule has 9 nitrogen and oxygen atoms in total. The van der Waals surface area contributed by atoms with E-state index < -0.39 is 5.82 Å². The average molecular weight is 734 g/mol. The van der Waals surface area contributed by atoms with Crippen molar-refractivity contribution >= 4 is 61.7 Å². The number of halogens is 3. The van der Waals surface area contributed by atoms with Crippen LogP contribution in [0.3, 0.4) is 0 Å². The van der Waals surface area contributed by atoms with Crippen LogP contribution in [-0.4, -0.2) is 96.1 Å². The molecule has 2 aliphatic rings. The highest BCUT2D eigenvalue weighted by Crippen LogP contribution is 2.44. The maximum absolute atomic E-state index is 17.2. The Morgan fingerprint density at radius 2 is 1.94 bits per heavy atom. The number of nitrogens with one attached hydrogen (secondary N) is 1.